The number of nitrogens with zero attached hydrogens (tertiary/aromatic N) is 4. The van der Waals surface area contributed by atoms with Crippen molar-refractivity contribution in [3.8, 4) is 11.5 Å². The predicted molar refractivity (Wildman–Crippen MR) is 90.2 cm³/mol. The van der Waals surface area contributed by atoms with E-state index in [-0.39, 0.29) is 12.5 Å². The molecule has 0 saturated heterocycles. The zero-order valence-electron chi connectivity index (χ0n) is 14.0. The number of carbonyl (C=O) groups is 1. The van der Waals surface area contributed by atoms with Gasteiger partial charge in [0, 0.05) is 31.4 Å². The van der Waals surface area contributed by atoms with E-state index in [2.05, 4.69) is 15.1 Å². The van der Waals surface area contributed by atoms with Crippen LogP contribution in [0.5, 0.6) is 11.5 Å². The van der Waals surface area contributed by atoms with Crippen LogP contribution in [0.3, 0.4) is 0 Å². The number of hydrogen-bond acceptors (Lipinski definition) is 6. The van der Waals surface area contributed by atoms with Crippen LogP contribution < -0.4 is 4.74 Å². The minimum Gasteiger partial charge on any atom is -0.457 e. The molecule has 0 aliphatic heterocycles. The third-order valence-electron chi connectivity index (χ3n) is 3.53. The molecule has 128 valence electrons. The van der Waals surface area contributed by atoms with Crippen LogP contribution in [0.1, 0.15) is 29.0 Å². The Kier molecular flexibility index (Phi) is 5.03. The van der Waals surface area contributed by atoms with E-state index in [1.54, 1.807) is 55.8 Å². The average Bonchev–Trinajstić information content (AvgIpc) is 3.10. The molecule has 0 unspecified atom stereocenters. The van der Waals surface area contributed by atoms with Gasteiger partial charge < -0.3 is 14.2 Å². The summed E-state index contributed by atoms with van der Waals surface area (Å²) < 4.78 is 10.8. The van der Waals surface area contributed by atoms with Gasteiger partial charge in [-0.2, -0.15) is 4.98 Å². The fraction of sp³-hybridized carbons (Fsp3) is 0.222. The highest BCUT2D eigenvalue weighted by atomic mass is 16.5. The predicted octanol–water partition coefficient (Wildman–Crippen LogP) is 3.09. The van der Waals surface area contributed by atoms with E-state index in [0.717, 1.165) is 0 Å². The summed E-state index contributed by atoms with van der Waals surface area (Å²) in [6, 6.07) is 10.5. The Morgan fingerprint density at radius 2 is 1.80 bits per heavy atom. The Balaban J connectivity index is 1.63. The van der Waals surface area contributed by atoms with E-state index in [1.807, 2.05) is 6.92 Å². The molecule has 7 nitrogen and oxygen atoms in total. The summed E-state index contributed by atoms with van der Waals surface area (Å²) in [6.07, 6.45) is 4.01. The van der Waals surface area contributed by atoms with Gasteiger partial charge in [0.1, 0.15) is 11.5 Å². The zero-order chi connectivity index (χ0) is 17.6. The number of rotatable bonds is 6. The lowest BCUT2D eigenvalue weighted by molar-refractivity contribution is 0.0769. The van der Waals surface area contributed by atoms with Gasteiger partial charge in [-0.25, -0.2) is 0 Å². The van der Waals surface area contributed by atoms with Crippen molar-refractivity contribution in [1.29, 1.82) is 0 Å². The van der Waals surface area contributed by atoms with Crippen LogP contribution in [-0.2, 0) is 13.0 Å². The Labute approximate surface area is 145 Å². The Hall–Kier alpha value is -3.22. The summed E-state index contributed by atoms with van der Waals surface area (Å²) in [5.74, 6) is 2.26. The van der Waals surface area contributed by atoms with Gasteiger partial charge in [-0.05, 0) is 36.4 Å². The first-order valence-corrected chi connectivity index (χ1v) is 7.90. The lowest BCUT2D eigenvalue weighted by Crippen LogP contribution is -2.26. The van der Waals surface area contributed by atoms with Crippen LogP contribution in [0.15, 0.2) is 53.3 Å². The van der Waals surface area contributed by atoms with Gasteiger partial charge in [-0.3, -0.25) is 9.78 Å². The van der Waals surface area contributed by atoms with Gasteiger partial charge in [0.05, 0.1) is 6.54 Å². The van der Waals surface area contributed by atoms with E-state index in [1.165, 1.54) is 4.90 Å². The van der Waals surface area contributed by atoms with E-state index in [4.69, 9.17) is 9.26 Å². The summed E-state index contributed by atoms with van der Waals surface area (Å²) in [6.45, 7) is 2.21. The summed E-state index contributed by atoms with van der Waals surface area (Å²) in [4.78, 5) is 22.2. The lowest BCUT2D eigenvalue weighted by Gasteiger charge is -2.15. The molecule has 3 rings (SSSR count). The third-order valence-corrected chi connectivity index (χ3v) is 3.53. The highest BCUT2D eigenvalue weighted by Gasteiger charge is 2.15. The third kappa shape index (κ3) is 4.20. The van der Waals surface area contributed by atoms with Gasteiger partial charge in [0.15, 0.2) is 5.82 Å². The number of hydrogen-bond donors (Lipinski definition) is 0. The molecule has 0 aliphatic carbocycles. The molecule has 3 aromatic rings. The van der Waals surface area contributed by atoms with Gasteiger partial charge in [-0.1, -0.05) is 12.1 Å². The molecular weight excluding hydrogens is 320 g/mol. The van der Waals surface area contributed by atoms with Crippen LogP contribution in [0.25, 0.3) is 0 Å². The van der Waals surface area contributed by atoms with Crippen molar-refractivity contribution in [2.45, 2.75) is 19.9 Å². The minimum absolute atomic E-state index is 0.133. The summed E-state index contributed by atoms with van der Waals surface area (Å²) in [5.41, 5.74) is 0.555. The van der Waals surface area contributed by atoms with Crippen molar-refractivity contribution in [1.82, 2.24) is 20.0 Å². The van der Waals surface area contributed by atoms with E-state index in [9.17, 15) is 4.79 Å². The quantitative estimate of drug-likeness (QED) is 0.687. The number of amides is 1. The number of aryl methyl sites for hydroxylation is 1. The molecule has 0 spiro atoms. The lowest BCUT2D eigenvalue weighted by atomic mass is 10.2. The van der Waals surface area contributed by atoms with Crippen molar-refractivity contribution in [2.75, 3.05) is 7.05 Å². The number of ether oxygens (including phenoxy) is 1. The second-order valence-electron chi connectivity index (χ2n) is 5.43. The first kappa shape index (κ1) is 16.6. The number of pyridine rings is 1. The van der Waals surface area contributed by atoms with Crippen molar-refractivity contribution in [3.05, 3.63) is 66.1 Å². The number of carbonyl (C=O) groups excluding carboxylic acids is 1. The van der Waals surface area contributed by atoms with Crippen LogP contribution in [0, 0.1) is 0 Å². The smallest absolute Gasteiger partial charge is 0.254 e. The maximum Gasteiger partial charge on any atom is 0.254 e. The summed E-state index contributed by atoms with van der Waals surface area (Å²) in [5, 5.41) is 3.83. The molecule has 7 heteroatoms. The van der Waals surface area contributed by atoms with Crippen molar-refractivity contribution in [3.63, 3.8) is 0 Å². The Bertz CT molecular complexity index is 831. The first-order valence-electron chi connectivity index (χ1n) is 7.90. The Morgan fingerprint density at radius 1 is 1.12 bits per heavy atom. The monoisotopic (exact) mass is 338 g/mol. The molecule has 2 aromatic heterocycles. The van der Waals surface area contributed by atoms with Crippen LogP contribution >= 0.6 is 0 Å². The largest absolute Gasteiger partial charge is 0.457 e. The molecule has 0 saturated carbocycles. The van der Waals surface area contributed by atoms with Gasteiger partial charge in [0.25, 0.3) is 5.91 Å². The SMILES string of the molecule is CCc1noc(CN(C)C(=O)c2ccc(Oc3ccncc3)cc2)n1. The fourth-order valence-corrected chi connectivity index (χ4v) is 2.20. The highest BCUT2D eigenvalue weighted by molar-refractivity contribution is 5.94. The molecule has 25 heavy (non-hydrogen) atoms. The standard InChI is InChI=1S/C18H18N4O3/c1-3-16-20-17(25-21-16)12-22(2)18(23)13-4-6-14(7-5-13)24-15-8-10-19-11-9-15/h4-11H,3,12H2,1-2H3. The maximum absolute atomic E-state index is 12.5. The van der Waals surface area contributed by atoms with Gasteiger partial charge in [-0.15, -0.1) is 0 Å². The fourth-order valence-electron chi connectivity index (χ4n) is 2.20. The molecule has 0 radical (unpaired) electrons. The van der Waals surface area contributed by atoms with Gasteiger partial charge >= 0.3 is 0 Å². The van der Waals surface area contributed by atoms with Gasteiger partial charge in [0.2, 0.25) is 5.89 Å². The molecule has 1 aromatic carbocycles. The molecule has 0 N–H and O–H groups in total. The normalized spacial score (nSPS) is 10.5. The molecular formula is C18H18N4O3. The molecule has 2 heterocycles. The molecule has 0 fully saturated rings. The molecule has 0 atom stereocenters. The summed E-state index contributed by atoms with van der Waals surface area (Å²) >= 11 is 0. The second-order valence-corrected chi connectivity index (χ2v) is 5.43. The van der Waals surface area contributed by atoms with E-state index >= 15 is 0 Å². The van der Waals surface area contributed by atoms with E-state index < -0.39 is 0 Å². The van der Waals surface area contributed by atoms with Crippen molar-refractivity contribution >= 4 is 5.91 Å². The molecule has 0 aliphatic rings. The topological polar surface area (TPSA) is 81.4 Å². The number of aromatic nitrogens is 3. The molecule has 0 bridgehead atoms. The number of benzene rings is 1. The van der Waals surface area contributed by atoms with Crippen molar-refractivity contribution < 1.29 is 14.1 Å². The van der Waals surface area contributed by atoms with Crippen molar-refractivity contribution in [2.24, 2.45) is 0 Å². The second kappa shape index (κ2) is 7.57. The van der Waals surface area contributed by atoms with E-state index in [0.29, 0.717) is 35.2 Å². The van der Waals surface area contributed by atoms with Crippen LogP contribution in [0.2, 0.25) is 0 Å². The highest BCUT2D eigenvalue weighted by Crippen LogP contribution is 2.21. The van der Waals surface area contributed by atoms with Crippen LogP contribution in [-0.4, -0.2) is 33.0 Å². The molecule has 1 amide bonds. The first-order chi connectivity index (χ1) is 12.2. The average molecular weight is 338 g/mol. The minimum atomic E-state index is -0.133. The zero-order valence-corrected chi connectivity index (χ0v) is 14.0. The Morgan fingerprint density at radius 3 is 2.44 bits per heavy atom. The maximum atomic E-state index is 12.5. The summed E-state index contributed by atoms with van der Waals surface area (Å²) in [7, 11) is 1.69. The van der Waals surface area contributed by atoms with Crippen LogP contribution in [0.4, 0.5) is 0 Å².